The lowest BCUT2D eigenvalue weighted by Crippen LogP contribution is -2.20. The second-order valence-electron chi connectivity index (χ2n) is 5.09. The number of para-hydroxylation sites is 1. The van der Waals surface area contributed by atoms with Crippen LogP contribution < -0.4 is 19.5 Å². The maximum atomic E-state index is 12.2. The first kappa shape index (κ1) is 19.0. The minimum absolute atomic E-state index is 0.0558. The molecule has 1 amide bonds. The zero-order valence-electron chi connectivity index (χ0n) is 14.6. The van der Waals surface area contributed by atoms with Gasteiger partial charge in [0.05, 0.1) is 29.9 Å². The third-order valence-electron chi connectivity index (χ3n) is 3.24. The first-order valence-electron chi connectivity index (χ1n) is 8.10. The van der Waals surface area contributed by atoms with E-state index in [0.29, 0.717) is 5.75 Å². The molecule has 138 valence electrons. The molecule has 0 saturated carbocycles. The van der Waals surface area contributed by atoms with Crippen molar-refractivity contribution in [3.05, 3.63) is 52.6 Å². The van der Waals surface area contributed by atoms with Crippen molar-refractivity contribution in [3.63, 3.8) is 0 Å². The van der Waals surface area contributed by atoms with Crippen molar-refractivity contribution in [1.82, 2.24) is 0 Å². The summed E-state index contributed by atoms with van der Waals surface area (Å²) in [4.78, 5) is 22.8. The normalized spacial score (nSPS) is 10.1. The summed E-state index contributed by atoms with van der Waals surface area (Å²) >= 11 is 0. The first-order chi connectivity index (χ1) is 12.5. The minimum Gasteiger partial charge on any atom is -0.491 e. The fourth-order valence-electron chi connectivity index (χ4n) is 2.19. The Morgan fingerprint density at radius 1 is 1.04 bits per heavy atom. The van der Waals surface area contributed by atoms with Crippen molar-refractivity contribution in [2.24, 2.45) is 0 Å². The standard InChI is InChI=1S/C18H20N2O6/c1-3-24-16-11-15(20(22)23)17(25-4-2)10-14(16)19-18(21)12-26-13-8-6-5-7-9-13/h5-11H,3-4,12H2,1-2H3,(H,19,21). The van der Waals surface area contributed by atoms with E-state index in [4.69, 9.17) is 14.2 Å². The van der Waals surface area contributed by atoms with Gasteiger partial charge in [-0.15, -0.1) is 0 Å². The van der Waals surface area contributed by atoms with Crippen molar-refractivity contribution >= 4 is 17.3 Å². The molecule has 0 spiro atoms. The molecule has 0 aliphatic rings. The molecule has 0 heterocycles. The summed E-state index contributed by atoms with van der Waals surface area (Å²) in [5, 5.41) is 13.8. The number of nitrogens with one attached hydrogen (secondary N) is 1. The number of nitrogens with zero attached hydrogens (tertiary/aromatic N) is 1. The summed E-state index contributed by atoms with van der Waals surface area (Å²) in [5.74, 6) is 0.383. The van der Waals surface area contributed by atoms with Crippen LogP contribution in [0.25, 0.3) is 0 Å². The average Bonchev–Trinajstić information content (AvgIpc) is 2.63. The predicted octanol–water partition coefficient (Wildman–Crippen LogP) is 3.41. The molecule has 0 bridgehead atoms. The lowest BCUT2D eigenvalue weighted by atomic mass is 10.2. The van der Waals surface area contributed by atoms with Crippen LogP contribution in [0.5, 0.6) is 17.2 Å². The number of ether oxygens (including phenoxy) is 3. The van der Waals surface area contributed by atoms with Crippen molar-refractivity contribution < 1.29 is 23.9 Å². The number of hydrogen-bond donors (Lipinski definition) is 1. The highest BCUT2D eigenvalue weighted by molar-refractivity contribution is 5.94. The lowest BCUT2D eigenvalue weighted by Gasteiger charge is -2.14. The number of hydrogen-bond acceptors (Lipinski definition) is 6. The molecular weight excluding hydrogens is 340 g/mol. The molecule has 2 aromatic carbocycles. The number of nitro groups is 1. The SMILES string of the molecule is CCOc1cc([N+](=O)[O-])c(OCC)cc1NC(=O)COc1ccccc1. The summed E-state index contributed by atoms with van der Waals surface area (Å²) in [6.45, 7) is 3.78. The Kier molecular flexibility index (Phi) is 6.78. The number of nitro benzene ring substituents is 1. The van der Waals surface area contributed by atoms with Gasteiger partial charge in [0, 0.05) is 6.07 Å². The zero-order chi connectivity index (χ0) is 18.9. The van der Waals surface area contributed by atoms with E-state index in [-0.39, 0.29) is 42.7 Å². The van der Waals surface area contributed by atoms with Gasteiger partial charge in [-0.2, -0.15) is 0 Å². The van der Waals surface area contributed by atoms with Gasteiger partial charge in [-0.1, -0.05) is 18.2 Å². The van der Waals surface area contributed by atoms with Crippen LogP contribution >= 0.6 is 0 Å². The predicted molar refractivity (Wildman–Crippen MR) is 96.0 cm³/mol. The lowest BCUT2D eigenvalue weighted by molar-refractivity contribution is -0.385. The van der Waals surface area contributed by atoms with Gasteiger partial charge in [0.25, 0.3) is 5.91 Å². The summed E-state index contributed by atoms with van der Waals surface area (Å²) in [6.07, 6.45) is 0. The molecule has 0 aliphatic heterocycles. The second kappa shape index (κ2) is 9.26. The molecule has 0 aromatic heterocycles. The van der Waals surface area contributed by atoms with Crippen molar-refractivity contribution in [3.8, 4) is 17.2 Å². The largest absolute Gasteiger partial charge is 0.491 e. The Morgan fingerprint density at radius 3 is 2.31 bits per heavy atom. The van der Waals surface area contributed by atoms with Gasteiger partial charge in [-0.25, -0.2) is 0 Å². The van der Waals surface area contributed by atoms with Gasteiger partial charge >= 0.3 is 5.69 Å². The highest BCUT2D eigenvalue weighted by Crippen LogP contribution is 2.38. The molecule has 0 aliphatic carbocycles. The van der Waals surface area contributed by atoms with Gasteiger partial charge in [0.1, 0.15) is 11.5 Å². The van der Waals surface area contributed by atoms with E-state index in [0.717, 1.165) is 0 Å². The summed E-state index contributed by atoms with van der Waals surface area (Å²) < 4.78 is 16.1. The molecule has 2 rings (SSSR count). The van der Waals surface area contributed by atoms with Crippen molar-refractivity contribution in [2.45, 2.75) is 13.8 Å². The highest BCUT2D eigenvalue weighted by Gasteiger charge is 2.21. The van der Waals surface area contributed by atoms with Crippen LogP contribution in [0, 0.1) is 10.1 Å². The number of carbonyl (C=O) groups excluding carboxylic acids is 1. The Morgan fingerprint density at radius 2 is 1.69 bits per heavy atom. The fraction of sp³-hybridized carbons (Fsp3) is 0.278. The number of anilines is 1. The van der Waals surface area contributed by atoms with E-state index < -0.39 is 10.8 Å². The molecule has 0 unspecified atom stereocenters. The van der Waals surface area contributed by atoms with Gasteiger partial charge in [0.15, 0.2) is 12.4 Å². The molecule has 8 heteroatoms. The van der Waals surface area contributed by atoms with Gasteiger partial charge < -0.3 is 19.5 Å². The summed E-state index contributed by atoms with van der Waals surface area (Å²) in [7, 11) is 0. The fourth-order valence-corrected chi connectivity index (χ4v) is 2.19. The zero-order valence-corrected chi connectivity index (χ0v) is 14.6. The molecule has 26 heavy (non-hydrogen) atoms. The third-order valence-corrected chi connectivity index (χ3v) is 3.24. The van der Waals surface area contributed by atoms with Gasteiger partial charge in [-0.3, -0.25) is 14.9 Å². The number of benzene rings is 2. The van der Waals surface area contributed by atoms with E-state index in [2.05, 4.69) is 5.32 Å². The van der Waals surface area contributed by atoms with E-state index in [1.54, 1.807) is 38.1 Å². The van der Waals surface area contributed by atoms with Crippen molar-refractivity contribution in [2.75, 3.05) is 25.1 Å². The van der Waals surface area contributed by atoms with Crippen LogP contribution in [0.4, 0.5) is 11.4 Å². The van der Waals surface area contributed by atoms with Gasteiger partial charge in [-0.05, 0) is 26.0 Å². The smallest absolute Gasteiger partial charge is 0.314 e. The van der Waals surface area contributed by atoms with Crippen LogP contribution in [0.1, 0.15) is 13.8 Å². The van der Waals surface area contributed by atoms with Crippen molar-refractivity contribution in [1.29, 1.82) is 0 Å². The molecular formula is C18H20N2O6. The van der Waals surface area contributed by atoms with Gasteiger partial charge in [0.2, 0.25) is 0 Å². The maximum absolute atomic E-state index is 12.2. The third kappa shape index (κ3) is 5.10. The summed E-state index contributed by atoms with van der Waals surface area (Å²) in [5.41, 5.74) is 0.0522. The van der Waals surface area contributed by atoms with Crippen LogP contribution in [-0.4, -0.2) is 30.7 Å². The summed E-state index contributed by atoms with van der Waals surface area (Å²) in [6, 6.07) is 11.5. The Hall–Kier alpha value is -3.29. The maximum Gasteiger partial charge on any atom is 0.314 e. The second-order valence-corrected chi connectivity index (χ2v) is 5.09. The molecule has 8 nitrogen and oxygen atoms in total. The topological polar surface area (TPSA) is 99.9 Å². The number of amides is 1. The molecule has 1 N–H and O–H groups in total. The number of rotatable bonds is 9. The Balaban J connectivity index is 2.18. The van der Waals surface area contributed by atoms with Crippen LogP contribution in [0.2, 0.25) is 0 Å². The molecule has 2 aromatic rings. The molecule has 0 fully saturated rings. The minimum atomic E-state index is -0.558. The van der Waals surface area contributed by atoms with E-state index >= 15 is 0 Å². The average molecular weight is 360 g/mol. The number of carbonyl (C=O) groups is 1. The van der Waals surface area contributed by atoms with Crippen LogP contribution in [0.15, 0.2) is 42.5 Å². The van der Waals surface area contributed by atoms with Crippen LogP contribution in [-0.2, 0) is 4.79 Å². The Labute approximate surface area is 150 Å². The molecule has 0 saturated heterocycles. The highest BCUT2D eigenvalue weighted by atomic mass is 16.6. The van der Waals surface area contributed by atoms with E-state index in [1.165, 1.54) is 12.1 Å². The Bertz CT molecular complexity index is 764. The quantitative estimate of drug-likeness (QED) is 0.543. The van der Waals surface area contributed by atoms with E-state index in [1.807, 2.05) is 6.07 Å². The monoisotopic (exact) mass is 360 g/mol. The van der Waals surface area contributed by atoms with E-state index in [9.17, 15) is 14.9 Å². The van der Waals surface area contributed by atoms with Crippen LogP contribution in [0.3, 0.4) is 0 Å². The first-order valence-corrected chi connectivity index (χ1v) is 8.10. The molecule has 0 radical (unpaired) electrons. The molecule has 0 atom stereocenters.